The number of hydrogen-bond donors (Lipinski definition) is 0. The predicted molar refractivity (Wildman–Crippen MR) is 92.1 cm³/mol. The Kier molecular flexibility index (Phi) is 4.21. The molecule has 1 aromatic heterocycles. The normalized spacial score (nSPS) is 10.6. The molecule has 0 amide bonds. The second kappa shape index (κ2) is 6.30. The molecule has 1 heterocycles. The van der Waals surface area contributed by atoms with Gasteiger partial charge in [-0.25, -0.2) is 0 Å². The highest BCUT2D eigenvalue weighted by Crippen LogP contribution is 2.44. The number of hydrogen-bond acceptors (Lipinski definition) is 5. The summed E-state index contributed by atoms with van der Waals surface area (Å²) in [5.41, 5.74) is 1.54. The van der Waals surface area contributed by atoms with Gasteiger partial charge in [0, 0.05) is 17.7 Å². The van der Waals surface area contributed by atoms with Crippen LogP contribution in [-0.2, 0) is 0 Å². The van der Waals surface area contributed by atoms with Crippen LogP contribution in [0.4, 0.5) is 0 Å². The van der Waals surface area contributed by atoms with Crippen molar-refractivity contribution >= 4 is 23.2 Å². The standard InChI is InChI=1S/C18H16O4S/c1-19-14-9-13-16(18(21-3)17(14)20-2)15(23)10-12(22-13)11-7-5-4-6-8-11/h4-10H,1-3H3. The summed E-state index contributed by atoms with van der Waals surface area (Å²) in [6.07, 6.45) is 0. The molecule has 0 saturated carbocycles. The van der Waals surface area contributed by atoms with Crippen LogP contribution in [0.5, 0.6) is 17.2 Å². The summed E-state index contributed by atoms with van der Waals surface area (Å²) in [6.45, 7) is 0. The maximum absolute atomic E-state index is 6.03. The Balaban J connectivity index is 2.36. The van der Waals surface area contributed by atoms with Crippen molar-refractivity contribution in [3.05, 3.63) is 47.0 Å². The first-order chi connectivity index (χ1) is 11.2. The smallest absolute Gasteiger partial charge is 0.204 e. The third-order valence-electron chi connectivity index (χ3n) is 3.58. The minimum atomic E-state index is 0.497. The highest BCUT2D eigenvalue weighted by Gasteiger charge is 2.19. The highest BCUT2D eigenvalue weighted by molar-refractivity contribution is 7.71. The Labute approximate surface area is 139 Å². The van der Waals surface area contributed by atoms with Crippen LogP contribution in [-0.4, -0.2) is 21.3 Å². The summed E-state index contributed by atoms with van der Waals surface area (Å²) in [4.78, 5) is 0. The van der Waals surface area contributed by atoms with Crippen LogP contribution in [0.25, 0.3) is 22.3 Å². The Morgan fingerprint density at radius 2 is 1.57 bits per heavy atom. The summed E-state index contributed by atoms with van der Waals surface area (Å²) in [5.74, 6) is 2.23. The topological polar surface area (TPSA) is 40.8 Å². The van der Waals surface area contributed by atoms with Gasteiger partial charge < -0.3 is 18.6 Å². The van der Waals surface area contributed by atoms with Crippen LogP contribution >= 0.6 is 12.2 Å². The van der Waals surface area contributed by atoms with Gasteiger partial charge in [0.25, 0.3) is 0 Å². The maximum atomic E-state index is 6.03. The molecule has 4 nitrogen and oxygen atoms in total. The van der Waals surface area contributed by atoms with Crippen LogP contribution in [0.15, 0.2) is 46.9 Å². The molecule has 0 fully saturated rings. The molecule has 0 N–H and O–H groups in total. The lowest BCUT2D eigenvalue weighted by Crippen LogP contribution is -1.96. The summed E-state index contributed by atoms with van der Waals surface area (Å²) in [6, 6.07) is 13.4. The van der Waals surface area contributed by atoms with Crippen molar-refractivity contribution in [1.82, 2.24) is 0 Å². The highest BCUT2D eigenvalue weighted by atomic mass is 32.1. The average molecular weight is 328 g/mol. The first-order valence-electron chi connectivity index (χ1n) is 7.01. The van der Waals surface area contributed by atoms with E-state index in [9.17, 15) is 0 Å². The largest absolute Gasteiger partial charge is 0.493 e. The fraction of sp³-hybridized carbons (Fsp3) is 0.167. The fourth-order valence-corrected chi connectivity index (χ4v) is 2.83. The van der Waals surface area contributed by atoms with Crippen LogP contribution in [0.1, 0.15) is 0 Å². The van der Waals surface area contributed by atoms with Gasteiger partial charge in [-0.15, -0.1) is 0 Å². The van der Waals surface area contributed by atoms with Crippen LogP contribution < -0.4 is 14.2 Å². The minimum Gasteiger partial charge on any atom is -0.493 e. The second-order valence-corrected chi connectivity index (χ2v) is 5.30. The van der Waals surface area contributed by atoms with E-state index in [2.05, 4.69) is 0 Å². The molecule has 118 valence electrons. The molecule has 3 aromatic rings. The van der Waals surface area contributed by atoms with Crippen LogP contribution in [0.3, 0.4) is 0 Å². The van der Waals surface area contributed by atoms with Gasteiger partial charge in [0.05, 0.1) is 31.2 Å². The van der Waals surface area contributed by atoms with Crippen LogP contribution in [0.2, 0.25) is 0 Å². The fourth-order valence-electron chi connectivity index (χ4n) is 2.53. The van der Waals surface area contributed by atoms with E-state index in [-0.39, 0.29) is 0 Å². The molecule has 0 bridgehead atoms. The van der Waals surface area contributed by atoms with E-state index in [1.54, 1.807) is 27.4 Å². The van der Waals surface area contributed by atoms with Crippen molar-refractivity contribution in [3.63, 3.8) is 0 Å². The lowest BCUT2D eigenvalue weighted by atomic mass is 10.1. The number of benzene rings is 2. The molecule has 0 aliphatic carbocycles. The monoisotopic (exact) mass is 328 g/mol. The molecule has 23 heavy (non-hydrogen) atoms. The Morgan fingerprint density at radius 1 is 0.870 bits per heavy atom. The quantitative estimate of drug-likeness (QED) is 0.640. The van der Waals surface area contributed by atoms with E-state index in [1.807, 2.05) is 36.4 Å². The zero-order valence-corrected chi connectivity index (χ0v) is 13.9. The van der Waals surface area contributed by atoms with Crippen molar-refractivity contribution in [1.29, 1.82) is 0 Å². The summed E-state index contributed by atoms with van der Waals surface area (Å²) in [5, 5.41) is 0.694. The number of methoxy groups -OCH3 is 3. The Morgan fingerprint density at radius 3 is 2.17 bits per heavy atom. The zero-order valence-electron chi connectivity index (χ0n) is 13.1. The van der Waals surface area contributed by atoms with E-state index in [0.29, 0.717) is 38.5 Å². The molecule has 2 aromatic carbocycles. The van der Waals surface area contributed by atoms with E-state index < -0.39 is 0 Å². The molecular formula is C18H16O4S. The molecule has 0 radical (unpaired) electrons. The lowest BCUT2D eigenvalue weighted by molar-refractivity contribution is 0.326. The van der Waals surface area contributed by atoms with Gasteiger partial charge in [-0.1, -0.05) is 42.5 Å². The van der Waals surface area contributed by atoms with E-state index >= 15 is 0 Å². The third-order valence-corrected chi connectivity index (χ3v) is 3.90. The van der Waals surface area contributed by atoms with E-state index in [0.717, 1.165) is 5.56 Å². The Bertz CT molecular complexity index is 900. The number of fused-ring (bicyclic) bond motifs is 1. The van der Waals surface area contributed by atoms with Crippen LogP contribution in [0, 0.1) is 4.51 Å². The molecule has 0 aliphatic rings. The first kappa shape index (κ1) is 15.4. The van der Waals surface area contributed by atoms with Gasteiger partial charge in [-0.3, -0.25) is 0 Å². The zero-order chi connectivity index (χ0) is 16.4. The number of rotatable bonds is 4. The minimum absolute atomic E-state index is 0.497. The third kappa shape index (κ3) is 2.64. The van der Waals surface area contributed by atoms with Crippen molar-refractivity contribution in [3.8, 4) is 28.6 Å². The van der Waals surface area contributed by atoms with Gasteiger partial charge >= 0.3 is 0 Å². The first-order valence-corrected chi connectivity index (χ1v) is 7.42. The van der Waals surface area contributed by atoms with Gasteiger partial charge in [0.15, 0.2) is 11.5 Å². The molecule has 5 heteroatoms. The summed E-state index contributed by atoms with van der Waals surface area (Å²) < 4.78 is 22.9. The Hall–Kier alpha value is -2.53. The van der Waals surface area contributed by atoms with E-state index in [1.165, 1.54) is 0 Å². The molecule has 0 aliphatic heterocycles. The predicted octanol–water partition coefficient (Wildman–Crippen LogP) is 4.86. The van der Waals surface area contributed by atoms with Gasteiger partial charge in [0.2, 0.25) is 5.75 Å². The summed E-state index contributed by atoms with van der Waals surface area (Å²) in [7, 11) is 4.69. The van der Waals surface area contributed by atoms with Crippen molar-refractivity contribution < 1.29 is 18.6 Å². The van der Waals surface area contributed by atoms with Gasteiger partial charge in [-0.2, -0.15) is 0 Å². The van der Waals surface area contributed by atoms with Crippen molar-refractivity contribution in [2.45, 2.75) is 0 Å². The molecule has 0 spiro atoms. The van der Waals surface area contributed by atoms with E-state index in [4.69, 9.17) is 30.8 Å². The van der Waals surface area contributed by atoms with Gasteiger partial charge in [0.1, 0.15) is 11.3 Å². The molecule has 3 rings (SSSR count). The van der Waals surface area contributed by atoms with Gasteiger partial charge in [-0.05, 0) is 0 Å². The summed E-state index contributed by atoms with van der Waals surface area (Å²) >= 11 is 5.55. The molecule has 0 atom stereocenters. The molecule has 0 saturated heterocycles. The van der Waals surface area contributed by atoms with Crippen molar-refractivity contribution in [2.75, 3.05) is 21.3 Å². The number of ether oxygens (including phenoxy) is 3. The average Bonchev–Trinajstić information content (AvgIpc) is 2.60. The molecular weight excluding hydrogens is 312 g/mol. The van der Waals surface area contributed by atoms with Crippen molar-refractivity contribution in [2.24, 2.45) is 0 Å². The maximum Gasteiger partial charge on any atom is 0.204 e. The SMILES string of the molecule is COc1cc2oc(-c3ccccc3)cc(=S)c2c(OC)c1OC. The molecule has 0 unspecified atom stereocenters. The second-order valence-electron chi connectivity index (χ2n) is 4.86. The lowest BCUT2D eigenvalue weighted by Gasteiger charge is -2.15.